The Hall–Kier alpha value is -0.860. The van der Waals surface area contributed by atoms with E-state index in [4.69, 9.17) is 0 Å². The van der Waals surface area contributed by atoms with Crippen molar-refractivity contribution < 1.29 is 0 Å². The molecule has 1 heterocycles. The van der Waals surface area contributed by atoms with Gasteiger partial charge in [-0.2, -0.15) is 0 Å². The molecule has 0 saturated heterocycles. The van der Waals surface area contributed by atoms with Crippen LogP contribution >= 0.6 is 0 Å². The lowest BCUT2D eigenvalue weighted by Gasteiger charge is -2.06. The Morgan fingerprint density at radius 1 is 1.07 bits per heavy atom. The molecule has 3 nitrogen and oxygen atoms in total. The van der Waals surface area contributed by atoms with Crippen LogP contribution in [0.1, 0.15) is 57.8 Å². The molecule has 0 atom stereocenters. The number of aromatic nitrogens is 3. The Kier molecular flexibility index (Phi) is 5.37. The Morgan fingerprint density at radius 3 is 2.40 bits per heavy atom. The highest BCUT2D eigenvalue weighted by atomic mass is 15.4. The van der Waals surface area contributed by atoms with E-state index in [2.05, 4.69) is 35.8 Å². The van der Waals surface area contributed by atoms with Gasteiger partial charge in [0.25, 0.3) is 0 Å². The molecule has 0 amide bonds. The maximum Gasteiger partial charge on any atom is 0.0856 e. The Labute approximate surface area is 92.9 Å². The van der Waals surface area contributed by atoms with E-state index in [1.165, 1.54) is 37.1 Å². The first-order chi connectivity index (χ1) is 7.33. The van der Waals surface area contributed by atoms with Gasteiger partial charge >= 0.3 is 0 Å². The minimum absolute atomic E-state index is 1.01. The lowest BCUT2D eigenvalue weighted by Crippen LogP contribution is -2.06. The van der Waals surface area contributed by atoms with E-state index in [-0.39, 0.29) is 0 Å². The average Bonchev–Trinajstić information content (AvgIpc) is 2.65. The third-order valence-electron chi connectivity index (χ3n) is 2.74. The van der Waals surface area contributed by atoms with Crippen LogP contribution in [0.15, 0.2) is 0 Å². The Balaban J connectivity index is 2.70. The molecular weight excluding hydrogens is 186 g/mol. The lowest BCUT2D eigenvalue weighted by atomic mass is 10.1. The Morgan fingerprint density at radius 2 is 1.80 bits per heavy atom. The van der Waals surface area contributed by atoms with E-state index in [0.29, 0.717) is 0 Å². The zero-order valence-corrected chi connectivity index (χ0v) is 10.3. The van der Waals surface area contributed by atoms with Gasteiger partial charge in [0.1, 0.15) is 0 Å². The zero-order valence-electron chi connectivity index (χ0n) is 10.3. The van der Waals surface area contributed by atoms with Crippen molar-refractivity contribution in [2.75, 3.05) is 0 Å². The zero-order chi connectivity index (χ0) is 11.1. The summed E-state index contributed by atoms with van der Waals surface area (Å²) in [5.41, 5.74) is 2.56. The number of aryl methyl sites for hydroxylation is 2. The molecule has 86 valence electrons. The summed E-state index contributed by atoms with van der Waals surface area (Å²) in [6.07, 6.45) is 7.04. The number of rotatable bonds is 7. The van der Waals surface area contributed by atoms with Crippen molar-refractivity contribution >= 4 is 0 Å². The molecule has 0 spiro atoms. The monoisotopic (exact) mass is 209 g/mol. The molecule has 15 heavy (non-hydrogen) atoms. The second kappa shape index (κ2) is 6.59. The summed E-state index contributed by atoms with van der Waals surface area (Å²) < 4.78 is 2.11. The highest BCUT2D eigenvalue weighted by molar-refractivity contribution is 5.10. The molecule has 0 aliphatic carbocycles. The predicted molar refractivity (Wildman–Crippen MR) is 62.9 cm³/mol. The van der Waals surface area contributed by atoms with Crippen LogP contribution in [-0.4, -0.2) is 15.0 Å². The largest absolute Gasteiger partial charge is 0.249 e. The standard InChI is InChI=1S/C12H23N3/c1-4-7-9-12-11(6-3)13-14-15(12)10-8-5-2/h4-10H2,1-3H3. The number of nitrogens with zero attached hydrogens (tertiary/aromatic N) is 3. The van der Waals surface area contributed by atoms with Crippen molar-refractivity contribution in [1.29, 1.82) is 0 Å². The highest BCUT2D eigenvalue weighted by Gasteiger charge is 2.09. The first-order valence-electron chi connectivity index (χ1n) is 6.24. The van der Waals surface area contributed by atoms with Crippen molar-refractivity contribution in [3.63, 3.8) is 0 Å². The molecule has 0 unspecified atom stereocenters. The smallest absolute Gasteiger partial charge is 0.0856 e. The summed E-state index contributed by atoms with van der Waals surface area (Å²) >= 11 is 0. The topological polar surface area (TPSA) is 30.7 Å². The van der Waals surface area contributed by atoms with Crippen LogP contribution in [0.2, 0.25) is 0 Å². The van der Waals surface area contributed by atoms with Gasteiger partial charge in [-0.1, -0.05) is 38.8 Å². The van der Waals surface area contributed by atoms with E-state index >= 15 is 0 Å². The van der Waals surface area contributed by atoms with Crippen LogP contribution in [0.4, 0.5) is 0 Å². The van der Waals surface area contributed by atoms with Crippen molar-refractivity contribution in [2.45, 2.75) is 65.8 Å². The van der Waals surface area contributed by atoms with Crippen LogP contribution in [0.3, 0.4) is 0 Å². The van der Waals surface area contributed by atoms with Crippen LogP contribution in [0, 0.1) is 0 Å². The maximum atomic E-state index is 4.25. The van der Waals surface area contributed by atoms with Gasteiger partial charge in [-0.25, -0.2) is 4.68 Å². The van der Waals surface area contributed by atoms with E-state index in [0.717, 1.165) is 19.4 Å². The fourth-order valence-corrected chi connectivity index (χ4v) is 1.75. The van der Waals surface area contributed by atoms with Crippen molar-refractivity contribution in [2.24, 2.45) is 0 Å². The summed E-state index contributed by atoms with van der Waals surface area (Å²) in [5, 5.41) is 8.50. The normalized spacial score (nSPS) is 10.9. The summed E-state index contributed by atoms with van der Waals surface area (Å²) in [7, 11) is 0. The minimum Gasteiger partial charge on any atom is -0.249 e. The van der Waals surface area contributed by atoms with Gasteiger partial charge in [0.15, 0.2) is 0 Å². The molecule has 0 aliphatic rings. The van der Waals surface area contributed by atoms with E-state index < -0.39 is 0 Å². The SMILES string of the molecule is CCCCc1c(CC)nnn1CCCC. The molecule has 1 aromatic heterocycles. The molecule has 0 radical (unpaired) electrons. The summed E-state index contributed by atoms with van der Waals surface area (Å²) in [6.45, 7) is 7.63. The molecule has 1 aromatic rings. The van der Waals surface area contributed by atoms with Gasteiger partial charge in [0, 0.05) is 6.54 Å². The van der Waals surface area contributed by atoms with Crippen LogP contribution < -0.4 is 0 Å². The van der Waals surface area contributed by atoms with Gasteiger partial charge < -0.3 is 0 Å². The molecule has 1 rings (SSSR count). The van der Waals surface area contributed by atoms with Gasteiger partial charge in [0.2, 0.25) is 0 Å². The van der Waals surface area contributed by atoms with E-state index in [1.54, 1.807) is 0 Å². The van der Waals surface area contributed by atoms with Crippen molar-refractivity contribution in [3.05, 3.63) is 11.4 Å². The van der Waals surface area contributed by atoms with E-state index in [1.807, 2.05) is 0 Å². The molecule has 0 N–H and O–H groups in total. The molecule has 0 aliphatic heterocycles. The van der Waals surface area contributed by atoms with Crippen LogP contribution in [-0.2, 0) is 19.4 Å². The minimum atomic E-state index is 1.01. The second-order valence-electron chi connectivity index (χ2n) is 4.02. The van der Waals surface area contributed by atoms with Crippen LogP contribution in [0.25, 0.3) is 0 Å². The van der Waals surface area contributed by atoms with Crippen molar-refractivity contribution in [1.82, 2.24) is 15.0 Å². The molecular formula is C12H23N3. The Bertz CT molecular complexity index is 278. The van der Waals surface area contributed by atoms with Crippen molar-refractivity contribution in [3.8, 4) is 0 Å². The van der Waals surface area contributed by atoms with E-state index in [9.17, 15) is 0 Å². The first-order valence-corrected chi connectivity index (χ1v) is 6.24. The number of unbranched alkanes of at least 4 members (excludes halogenated alkanes) is 2. The molecule has 0 saturated carbocycles. The second-order valence-corrected chi connectivity index (χ2v) is 4.02. The quantitative estimate of drug-likeness (QED) is 0.691. The molecule has 3 heteroatoms. The maximum absolute atomic E-state index is 4.25. The summed E-state index contributed by atoms with van der Waals surface area (Å²) in [6, 6.07) is 0. The first kappa shape index (κ1) is 12.2. The summed E-state index contributed by atoms with van der Waals surface area (Å²) in [5.74, 6) is 0. The van der Waals surface area contributed by atoms with Gasteiger partial charge in [-0.05, 0) is 25.7 Å². The summed E-state index contributed by atoms with van der Waals surface area (Å²) in [4.78, 5) is 0. The average molecular weight is 209 g/mol. The molecule has 0 bridgehead atoms. The lowest BCUT2D eigenvalue weighted by molar-refractivity contribution is 0.528. The third kappa shape index (κ3) is 3.33. The van der Waals surface area contributed by atoms with Gasteiger partial charge in [0.05, 0.1) is 11.4 Å². The predicted octanol–water partition coefficient (Wildman–Crippen LogP) is 2.98. The molecule has 0 fully saturated rings. The third-order valence-corrected chi connectivity index (χ3v) is 2.74. The number of hydrogen-bond acceptors (Lipinski definition) is 2. The number of hydrogen-bond donors (Lipinski definition) is 0. The van der Waals surface area contributed by atoms with Crippen LogP contribution in [0.5, 0.6) is 0 Å². The fourth-order valence-electron chi connectivity index (χ4n) is 1.75. The van der Waals surface area contributed by atoms with Gasteiger partial charge in [-0.3, -0.25) is 0 Å². The molecule has 0 aromatic carbocycles. The fraction of sp³-hybridized carbons (Fsp3) is 0.833. The highest BCUT2D eigenvalue weighted by Crippen LogP contribution is 2.11. The van der Waals surface area contributed by atoms with Gasteiger partial charge in [-0.15, -0.1) is 5.10 Å².